The van der Waals surface area contributed by atoms with Gasteiger partial charge in [0.1, 0.15) is 0 Å². The fraction of sp³-hybridized carbons (Fsp3) is 0.242. The number of aryl methyl sites for hydroxylation is 2. The molecule has 0 saturated heterocycles. The maximum Gasteiger partial charge on any atom is 0.207 e. The van der Waals surface area contributed by atoms with Crippen LogP contribution in [0.4, 0.5) is 4.39 Å². The number of halogens is 1. The van der Waals surface area contributed by atoms with Gasteiger partial charge in [0.05, 0.1) is 12.2 Å². The van der Waals surface area contributed by atoms with E-state index in [1.54, 1.807) is 6.92 Å². The summed E-state index contributed by atoms with van der Waals surface area (Å²) < 4.78 is 19.3. The van der Waals surface area contributed by atoms with Crippen LogP contribution in [0.15, 0.2) is 84.9 Å². The van der Waals surface area contributed by atoms with Crippen LogP contribution < -0.4 is 4.74 Å². The second-order valence-corrected chi connectivity index (χ2v) is 9.20. The molecule has 0 spiro atoms. The molecule has 0 aliphatic heterocycles. The zero-order chi connectivity index (χ0) is 26.2. The molecular weight excluding hydrogens is 463 g/mol. The van der Waals surface area contributed by atoms with E-state index in [0.29, 0.717) is 6.42 Å². The number of phenols is 1. The predicted molar refractivity (Wildman–Crippen MR) is 148 cm³/mol. The maximum atomic E-state index is 14.2. The Bertz CT molecular complexity index is 1320. The molecule has 0 fully saturated rings. The summed E-state index contributed by atoms with van der Waals surface area (Å²) in [5, 5.41) is 10.1. The van der Waals surface area contributed by atoms with Gasteiger partial charge in [0.2, 0.25) is 5.82 Å². The second kappa shape index (κ2) is 12.4. The van der Waals surface area contributed by atoms with Crippen molar-refractivity contribution < 1.29 is 19.0 Å². The molecule has 0 bridgehead atoms. The largest absolute Gasteiger partial charge is 0.504 e. The first kappa shape index (κ1) is 26.2. The highest BCUT2D eigenvalue weighted by atomic mass is 19.1. The average molecular weight is 497 g/mol. The lowest BCUT2D eigenvalue weighted by Gasteiger charge is -2.10. The van der Waals surface area contributed by atoms with Gasteiger partial charge in [-0.15, -0.1) is 0 Å². The summed E-state index contributed by atoms with van der Waals surface area (Å²) in [6, 6.07) is 28.5. The smallest absolute Gasteiger partial charge is 0.207 e. The molecule has 4 heteroatoms. The number of Topliss-reactive ketones (excluding diaryl/α,β-unsaturated/α-hetero) is 1. The number of rotatable bonds is 11. The summed E-state index contributed by atoms with van der Waals surface area (Å²) in [5.41, 5.74) is 7.21. The van der Waals surface area contributed by atoms with Crippen LogP contribution in [-0.4, -0.2) is 17.5 Å². The third-order valence-electron chi connectivity index (χ3n) is 6.55. The van der Waals surface area contributed by atoms with Crippen molar-refractivity contribution in [3.8, 4) is 33.8 Å². The van der Waals surface area contributed by atoms with Crippen LogP contribution in [0.25, 0.3) is 22.3 Å². The van der Waals surface area contributed by atoms with Crippen molar-refractivity contribution >= 4 is 5.78 Å². The third kappa shape index (κ3) is 6.45. The van der Waals surface area contributed by atoms with Crippen LogP contribution in [-0.2, 0) is 12.8 Å². The second-order valence-electron chi connectivity index (χ2n) is 9.20. The molecule has 0 amide bonds. The van der Waals surface area contributed by atoms with E-state index in [0.717, 1.165) is 36.0 Å². The van der Waals surface area contributed by atoms with E-state index in [4.69, 9.17) is 4.74 Å². The van der Waals surface area contributed by atoms with Crippen molar-refractivity contribution in [1.29, 1.82) is 0 Å². The Kier molecular flexibility index (Phi) is 8.73. The van der Waals surface area contributed by atoms with E-state index in [-0.39, 0.29) is 30.1 Å². The van der Waals surface area contributed by atoms with Gasteiger partial charge in [-0.3, -0.25) is 4.79 Å². The highest BCUT2D eigenvalue weighted by molar-refractivity contribution is 5.98. The zero-order valence-electron chi connectivity index (χ0n) is 21.5. The van der Waals surface area contributed by atoms with E-state index in [1.807, 2.05) is 0 Å². The van der Waals surface area contributed by atoms with Crippen molar-refractivity contribution in [2.24, 2.45) is 0 Å². The van der Waals surface area contributed by atoms with Gasteiger partial charge in [0, 0.05) is 6.42 Å². The Balaban J connectivity index is 1.33. The molecule has 0 atom stereocenters. The lowest BCUT2D eigenvalue weighted by atomic mass is 9.97. The fourth-order valence-electron chi connectivity index (χ4n) is 4.50. The molecule has 0 aliphatic carbocycles. The summed E-state index contributed by atoms with van der Waals surface area (Å²) in [7, 11) is 0. The summed E-state index contributed by atoms with van der Waals surface area (Å²) >= 11 is 0. The summed E-state index contributed by atoms with van der Waals surface area (Å²) in [5.74, 6) is -1.86. The third-order valence-corrected chi connectivity index (χ3v) is 6.55. The van der Waals surface area contributed by atoms with Gasteiger partial charge < -0.3 is 9.84 Å². The van der Waals surface area contributed by atoms with Crippen molar-refractivity contribution in [2.75, 3.05) is 6.61 Å². The molecule has 0 radical (unpaired) electrons. The van der Waals surface area contributed by atoms with Crippen LogP contribution in [0.2, 0.25) is 0 Å². The van der Waals surface area contributed by atoms with Crippen molar-refractivity contribution in [3.05, 3.63) is 107 Å². The molecule has 0 unspecified atom stereocenters. The van der Waals surface area contributed by atoms with Crippen molar-refractivity contribution in [1.82, 2.24) is 0 Å². The molecule has 0 aliphatic rings. The number of carbonyl (C=O) groups is 1. The average Bonchev–Trinajstić information content (AvgIpc) is 2.92. The topological polar surface area (TPSA) is 46.5 Å². The lowest BCUT2D eigenvalue weighted by molar-refractivity contribution is 0.0976. The molecule has 1 N–H and O–H groups in total. The first-order valence-electron chi connectivity index (χ1n) is 13.0. The summed E-state index contributed by atoms with van der Waals surface area (Å²) in [6.45, 7) is 4.20. The quantitative estimate of drug-likeness (QED) is 0.212. The van der Waals surface area contributed by atoms with Gasteiger partial charge in [-0.25, -0.2) is 0 Å². The molecule has 0 aromatic heterocycles. The van der Waals surface area contributed by atoms with Crippen LogP contribution in [0.5, 0.6) is 11.5 Å². The van der Waals surface area contributed by atoms with Crippen LogP contribution in [0, 0.1) is 5.82 Å². The fourth-order valence-corrected chi connectivity index (χ4v) is 4.50. The lowest BCUT2D eigenvalue weighted by Crippen LogP contribution is -2.03. The van der Waals surface area contributed by atoms with E-state index in [9.17, 15) is 14.3 Å². The zero-order valence-corrected chi connectivity index (χ0v) is 21.5. The van der Waals surface area contributed by atoms with Crippen molar-refractivity contribution in [3.63, 3.8) is 0 Å². The number of hydrogen-bond acceptors (Lipinski definition) is 3. The van der Waals surface area contributed by atoms with Gasteiger partial charge in [0.15, 0.2) is 17.3 Å². The molecule has 4 rings (SSSR count). The number of hydrogen-bond donors (Lipinski definition) is 1. The highest BCUT2D eigenvalue weighted by Gasteiger charge is 2.18. The molecule has 4 aromatic rings. The highest BCUT2D eigenvalue weighted by Crippen LogP contribution is 2.31. The van der Waals surface area contributed by atoms with Crippen LogP contribution in [0.3, 0.4) is 0 Å². The standard InChI is InChI=1S/C33H33FO3/c1-3-6-23-9-13-25(14-10-23)27-17-19-28(20-18-27)26-15-11-24(12-16-26)7-5-8-30(35)29-21-22-31(37-4-2)32(34)33(29)36/h9-22,36H,3-8H2,1-2H3. The van der Waals surface area contributed by atoms with Crippen molar-refractivity contribution in [2.45, 2.75) is 46.0 Å². The first-order valence-corrected chi connectivity index (χ1v) is 13.0. The number of benzene rings is 4. The Morgan fingerprint density at radius 3 is 1.70 bits per heavy atom. The van der Waals surface area contributed by atoms with E-state index in [1.165, 1.54) is 28.8 Å². The number of ketones is 1. The van der Waals surface area contributed by atoms with E-state index >= 15 is 0 Å². The summed E-state index contributed by atoms with van der Waals surface area (Å²) in [4.78, 5) is 12.5. The van der Waals surface area contributed by atoms with Gasteiger partial charge in [-0.2, -0.15) is 4.39 Å². The van der Waals surface area contributed by atoms with E-state index < -0.39 is 11.6 Å². The van der Waals surface area contributed by atoms with Crippen LogP contribution in [0.1, 0.15) is 54.6 Å². The summed E-state index contributed by atoms with van der Waals surface area (Å²) in [6.07, 6.45) is 3.82. The predicted octanol–water partition coefficient (Wildman–Crippen LogP) is 8.42. The SMILES string of the molecule is CCCc1ccc(-c2ccc(-c3ccc(CCCC(=O)c4ccc(OCC)c(F)c4O)cc3)cc2)cc1. The molecule has 4 aromatic carbocycles. The normalized spacial score (nSPS) is 10.9. The Hall–Kier alpha value is -3.92. The maximum absolute atomic E-state index is 14.2. The molecule has 3 nitrogen and oxygen atoms in total. The number of ether oxygens (including phenoxy) is 1. The minimum Gasteiger partial charge on any atom is -0.504 e. The number of aromatic hydroxyl groups is 1. The molecule has 0 saturated carbocycles. The first-order chi connectivity index (χ1) is 18.0. The monoisotopic (exact) mass is 496 g/mol. The molecule has 37 heavy (non-hydrogen) atoms. The van der Waals surface area contributed by atoms with Gasteiger partial charge >= 0.3 is 0 Å². The molecular formula is C33H33FO3. The van der Waals surface area contributed by atoms with Gasteiger partial charge in [0.25, 0.3) is 0 Å². The number of carbonyl (C=O) groups excluding carboxylic acids is 1. The molecule has 0 heterocycles. The Labute approximate surface area is 218 Å². The minimum absolute atomic E-state index is 0.00310. The molecule has 190 valence electrons. The van der Waals surface area contributed by atoms with Crippen LogP contribution >= 0.6 is 0 Å². The van der Waals surface area contributed by atoms with Gasteiger partial charge in [-0.1, -0.05) is 86.1 Å². The van der Waals surface area contributed by atoms with E-state index in [2.05, 4.69) is 79.7 Å². The Morgan fingerprint density at radius 2 is 1.22 bits per heavy atom. The number of phenolic OH excluding ortho intramolecular Hbond substituents is 1. The minimum atomic E-state index is -0.888. The van der Waals surface area contributed by atoms with Gasteiger partial charge in [-0.05, 0) is 71.7 Å². The Morgan fingerprint density at radius 1 is 0.730 bits per heavy atom.